The summed E-state index contributed by atoms with van der Waals surface area (Å²) in [6.07, 6.45) is 4.08. The highest BCUT2D eigenvalue weighted by Gasteiger charge is 2.25. The number of amides is 1. The quantitative estimate of drug-likeness (QED) is 0.788. The number of hydrogen-bond donors (Lipinski definition) is 0. The molecule has 5 nitrogen and oxygen atoms in total. The number of methoxy groups -OCH3 is 2. The third-order valence-electron chi connectivity index (χ3n) is 5.39. The van der Waals surface area contributed by atoms with Gasteiger partial charge in [-0.1, -0.05) is 6.07 Å². The van der Waals surface area contributed by atoms with Crippen molar-refractivity contribution in [1.82, 2.24) is 9.80 Å². The second-order valence-corrected chi connectivity index (χ2v) is 8.20. The molecule has 0 radical (unpaired) electrons. The van der Waals surface area contributed by atoms with E-state index in [0.29, 0.717) is 17.9 Å². The predicted molar refractivity (Wildman–Crippen MR) is 106 cm³/mol. The highest BCUT2D eigenvalue weighted by Crippen LogP contribution is 2.28. The number of rotatable bonds is 5. The van der Waals surface area contributed by atoms with Crippen molar-refractivity contribution in [2.45, 2.75) is 31.7 Å². The minimum Gasteiger partial charge on any atom is -0.493 e. The van der Waals surface area contributed by atoms with Crippen LogP contribution in [0.1, 0.15) is 24.8 Å². The Bertz CT molecular complexity index is 605. The number of hydrogen-bond acceptors (Lipinski definition) is 5. The first kappa shape index (κ1) is 19.4. The summed E-state index contributed by atoms with van der Waals surface area (Å²) in [5, 5.41) is 0. The highest BCUT2D eigenvalue weighted by atomic mass is 32.2. The van der Waals surface area contributed by atoms with Gasteiger partial charge in [-0.2, -0.15) is 11.8 Å². The lowest BCUT2D eigenvalue weighted by Gasteiger charge is -2.33. The molecule has 1 aromatic carbocycles. The Kier molecular flexibility index (Phi) is 7.08. The molecule has 144 valence electrons. The molecule has 2 saturated heterocycles. The van der Waals surface area contributed by atoms with Crippen LogP contribution in [0.4, 0.5) is 0 Å². The fraction of sp³-hybridized carbons (Fsp3) is 0.650. The Morgan fingerprint density at radius 2 is 1.85 bits per heavy atom. The van der Waals surface area contributed by atoms with Crippen LogP contribution in [0, 0.1) is 0 Å². The lowest BCUT2D eigenvalue weighted by atomic mass is 10.1. The average Bonchev–Trinajstić information content (AvgIpc) is 2.95. The fourth-order valence-electron chi connectivity index (χ4n) is 3.88. The molecule has 26 heavy (non-hydrogen) atoms. The van der Waals surface area contributed by atoms with Crippen molar-refractivity contribution in [1.29, 1.82) is 0 Å². The summed E-state index contributed by atoms with van der Waals surface area (Å²) >= 11 is 2.07. The van der Waals surface area contributed by atoms with Gasteiger partial charge in [0, 0.05) is 32.2 Å². The zero-order chi connectivity index (χ0) is 18.4. The van der Waals surface area contributed by atoms with E-state index < -0.39 is 0 Å². The van der Waals surface area contributed by atoms with Crippen molar-refractivity contribution in [3.63, 3.8) is 0 Å². The third kappa shape index (κ3) is 4.86. The Morgan fingerprint density at radius 3 is 2.58 bits per heavy atom. The predicted octanol–water partition coefficient (Wildman–Crippen LogP) is 2.68. The van der Waals surface area contributed by atoms with Gasteiger partial charge < -0.3 is 14.4 Å². The average molecular weight is 379 g/mol. The standard InChI is InChI=1S/C20H30N2O3S/c1-24-18-5-4-16(14-19(18)25-2)15-20(23)22-9-3-8-21(10-11-22)17-6-12-26-13-7-17/h4-5,14,17H,3,6-13,15H2,1-2H3. The van der Waals surface area contributed by atoms with Gasteiger partial charge in [-0.3, -0.25) is 9.69 Å². The summed E-state index contributed by atoms with van der Waals surface area (Å²) in [6.45, 7) is 3.84. The number of nitrogens with zero attached hydrogens (tertiary/aromatic N) is 2. The highest BCUT2D eigenvalue weighted by molar-refractivity contribution is 7.99. The van der Waals surface area contributed by atoms with Crippen LogP contribution in [0.5, 0.6) is 11.5 Å². The fourth-order valence-corrected chi connectivity index (χ4v) is 4.96. The molecule has 0 spiro atoms. The Hall–Kier alpha value is -1.40. The van der Waals surface area contributed by atoms with Crippen LogP contribution >= 0.6 is 11.8 Å². The molecule has 6 heteroatoms. The van der Waals surface area contributed by atoms with Gasteiger partial charge >= 0.3 is 0 Å². The van der Waals surface area contributed by atoms with Gasteiger partial charge in [0.25, 0.3) is 0 Å². The summed E-state index contributed by atoms with van der Waals surface area (Å²) in [5.74, 6) is 4.14. The molecular formula is C20H30N2O3S. The third-order valence-corrected chi connectivity index (χ3v) is 6.44. The van der Waals surface area contributed by atoms with Crippen LogP contribution in [-0.2, 0) is 11.2 Å². The molecule has 3 rings (SSSR count). The van der Waals surface area contributed by atoms with Gasteiger partial charge in [0.05, 0.1) is 20.6 Å². The lowest BCUT2D eigenvalue weighted by Crippen LogP contribution is -2.41. The van der Waals surface area contributed by atoms with Gasteiger partial charge in [0.1, 0.15) is 0 Å². The van der Waals surface area contributed by atoms with E-state index in [4.69, 9.17) is 9.47 Å². The molecule has 0 atom stereocenters. The minimum absolute atomic E-state index is 0.207. The Balaban J connectivity index is 1.56. The molecule has 0 aliphatic carbocycles. The van der Waals surface area contributed by atoms with Gasteiger partial charge in [-0.25, -0.2) is 0 Å². The molecule has 1 aromatic rings. The van der Waals surface area contributed by atoms with E-state index in [1.165, 1.54) is 24.3 Å². The number of thioether (sulfide) groups is 1. The molecule has 0 aromatic heterocycles. The summed E-state index contributed by atoms with van der Waals surface area (Å²) in [6, 6.07) is 6.44. The van der Waals surface area contributed by atoms with Crippen molar-refractivity contribution in [3.05, 3.63) is 23.8 Å². The zero-order valence-corrected chi connectivity index (χ0v) is 16.7. The van der Waals surface area contributed by atoms with Crippen molar-refractivity contribution >= 4 is 17.7 Å². The normalized spacial score (nSPS) is 19.8. The van der Waals surface area contributed by atoms with Crippen LogP contribution in [0.3, 0.4) is 0 Å². The molecule has 2 fully saturated rings. The molecule has 2 aliphatic rings. The first-order valence-electron chi connectivity index (χ1n) is 9.51. The van der Waals surface area contributed by atoms with Crippen LogP contribution in [-0.4, -0.2) is 73.7 Å². The number of benzene rings is 1. The summed E-state index contributed by atoms with van der Waals surface area (Å²) in [4.78, 5) is 17.4. The number of carbonyl (C=O) groups is 1. The van der Waals surface area contributed by atoms with E-state index in [-0.39, 0.29) is 5.91 Å². The van der Waals surface area contributed by atoms with E-state index in [2.05, 4.69) is 16.7 Å². The lowest BCUT2D eigenvalue weighted by molar-refractivity contribution is -0.130. The first-order valence-corrected chi connectivity index (χ1v) is 10.7. The second kappa shape index (κ2) is 9.51. The van der Waals surface area contributed by atoms with Crippen LogP contribution in [0.2, 0.25) is 0 Å². The molecular weight excluding hydrogens is 348 g/mol. The molecule has 0 N–H and O–H groups in total. The molecule has 0 saturated carbocycles. The smallest absolute Gasteiger partial charge is 0.227 e. The number of carbonyl (C=O) groups excluding carboxylic acids is 1. The van der Waals surface area contributed by atoms with E-state index >= 15 is 0 Å². The SMILES string of the molecule is COc1ccc(CC(=O)N2CCCN(C3CCSCC3)CC2)cc1OC. The molecule has 1 amide bonds. The van der Waals surface area contributed by atoms with Crippen LogP contribution in [0.15, 0.2) is 18.2 Å². The van der Waals surface area contributed by atoms with Crippen LogP contribution in [0.25, 0.3) is 0 Å². The van der Waals surface area contributed by atoms with E-state index in [1.807, 2.05) is 23.1 Å². The summed E-state index contributed by atoms with van der Waals surface area (Å²) in [5.41, 5.74) is 0.970. The largest absolute Gasteiger partial charge is 0.493 e. The Morgan fingerprint density at radius 1 is 1.08 bits per heavy atom. The van der Waals surface area contributed by atoms with Crippen LogP contribution < -0.4 is 9.47 Å². The van der Waals surface area contributed by atoms with E-state index in [0.717, 1.165) is 44.2 Å². The van der Waals surface area contributed by atoms with Crippen molar-refractivity contribution in [2.75, 3.05) is 51.9 Å². The second-order valence-electron chi connectivity index (χ2n) is 6.98. The molecule has 0 unspecified atom stereocenters. The van der Waals surface area contributed by atoms with Gasteiger partial charge in [-0.05, 0) is 48.5 Å². The van der Waals surface area contributed by atoms with Crippen molar-refractivity contribution < 1.29 is 14.3 Å². The maximum Gasteiger partial charge on any atom is 0.227 e. The monoisotopic (exact) mass is 378 g/mol. The minimum atomic E-state index is 0.207. The molecule has 2 heterocycles. The number of ether oxygens (including phenoxy) is 2. The summed E-state index contributed by atoms with van der Waals surface area (Å²) in [7, 11) is 3.24. The molecule has 0 bridgehead atoms. The summed E-state index contributed by atoms with van der Waals surface area (Å²) < 4.78 is 10.6. The maximum absolute atomic E-state index is 12.8. The maximum atomic E-state index is 12.8. The van der Waals surface area contributed by atoms with Gasteiger partial charge in [-0.15, -0.1) is 0 Å². The molecule has 2 aliphatic heterocycles. The van der Waals surface area contributed by atoms with Gasteiger partial charge in [0.15, 0.2) is 11.5 Å². The van der Waals surface area contributed by atoms with Gasteiger partial charge in [0.2, 0.25) is 5.91 Å². The van der Waals surface area contributed by atoms with E-state index in [1.54, 1.807) is 14.2 Å². The van der Waals surface area contributed by atoms with Crippen molar-refractivity contribution in [2.24, 2.45) is 0 Å². The van der Waals surface area contributed by atoms with E-state index in [9.17, 15) is 4.79 Å². The Labute approximate surface area is 161 Å². The topological polar surface area (TPSA) is 42.0 Å². The van der Waals surface area contributed by atoms with Crippen molar-refractivity contribution in [3.8, 4) is 11.5 Å². The zero-order valence-electron chi connectivity index (χ0n) is 15.9. The first-order chi connectivity index (χ1) is 12.7.